The van der Waals surface area contributed by atoms with Gasteiger partial charge in [-0.1, -0.05) is 30.3 Å². The van der Waals surface area contributed by atoms with Gasteiger partial charge in [-0.15, -0.1) is 0 Å². The molecule has 1 amide bonds. The Balaban J connectivity index is 1.35. The van der Waals surface area contributed by atoms with Crippen LogP contribution in [0.15, 0.2) is 66.7 Å². The van der Waals surface area contributed by atoms with E-state index in [4.69, 9.17) is 0 Å². The summed E-state index contributed by atoms with van der Waals surface area (Å²) in [6.07, 6.45) is 0.752. The Labute approximate surface area is 176 Å². The number of benzene rings is 2. The summed E-state index contributed by atoms with van der Waals surface area (Å²) >= 11 is 0. The normalized spacial score (nSPS) is 10.9. The van der Waals surface area contributed by atoms with Gasteiger partial charge in [0.25, 0.3) is 5.91 Å². The quantitative estimate of drug-likeness (QED) is 0.534. The Bertz CT molecular complexity index is 1160. The molecular weight excluding hydrogens is 374 g/mol. The summed E-state index contributed by atoms with van der Waals surface area (Å²) < 4.78 is 3.72. The average Bonchev–Trinajstić information content (AvgIpc) is 3.30. The highest BCUT2D eigenvalue weighted by Gasteiger charge is 2.13. The molecule has 0 bridgehead atoms. The monoisotopic (exact) mass is 399 g/mol. The van der Waals surface area contributed by atoms with Crippen molar-refractivity contribution in [1.29, 1.82) is 0 Å². The van der Waals surface area contributed by atoms with E-state index in [1.165, 1.54) is 0 Å². The summed E-state index contributed by atoms with van der Waals surface area (Å²) in [7, 11) is 0. The lowest BCUT2D eigenvalue weighted by Crippen LogP contribution is -2.26. The van der Waals surface area contributed by atoms with Crippen LogP contribution < -0.4 is 5.32 Å². The second-order valence-corrected chi connectivity index (χ2v) is 7.43. The van der Waals surface area contributed by atoms with E-state index in [1.807, 2.05) is 61.9 Å². The first-order valence-electron chi connectivity index (χ1n) is 10.0. The third-order valence-corrected chi connectivity index (χ3v) is 5.01. The van der Waals surface area contributed by atoms with Gasteiger partial charge in [-0.05, 0) is 69.2 Å². The van der Waals surface area contributed by atoms with Gasteiger partial charge in [0, 0.05) is 17.9 Å². The van der Waals surface area contributed by atoms with E-state index in [9.17, 15) is 4.79 Å². The zero-order chi connectivity index (χ0) is 21.1. The molecule has 0 saturated carbocycles. The third kappa shape index (κ3) is 4.17. The second-order valence-electron chi connectivity index (χ2n) is 7.43. The van der Waals surface area contributed by atoms with Gasteiger partial charge in [-0.25, -0.2) is 9.36 Å². The number of hydrogen-bond acceptors (Lipinski definition) is 3. The van der Waals surface area contributed by atoms with Gasteiger partial charge in [0.05, 0.1) is 17.1 Å². The van der Waals surface area contributed by atoms with Crippen molar-refractivity contribution in [3.63, 3.8) is 0 Å². The van der Waals surface area contributed by atoms with Gasteiger partial charge < -0.3 is 5.32 Å². The topological polar surface area (TPSA) is 64.7 Å². The predicted molar refractivity (Wildman–Crippen MR) is 117 cm³/mol. The SMILES string of the molecule is Cc1cc(C)n(-c2ccc(CCNC(=O)c3cc(C)n(-c4ccccc4)n3)cc2)n1. The van der Waals surface area contributed by atoms with Crippen LogP contribution in [-0.2, 0) is 6.42 Å². The molecule has 2 aromatic heterocycles. The lowest BCUT2D eigenvalue weighted by molar-refractivity contribution is 0.0948. The van der Waals surface area contributed by atoms with Crippen LogP contribution in [0.2, 0.25) is 0 Å². The molecule has 0 spiro atoms. The fourth-order valence-electron chi connectivity index (χ4n) is 3.52. The van der Waals surface area contributed by atoms with Crippen molar-refractivity contribution in [2.75, 3.05) is 6.54 Å². The van der Waals surface area contributed by atoms with E-state index in [-0.39, 0.29) is 5.91 Å². The van der Waals surface area contributed by atoms with Crippen molar-refractivity contribution in [2.45, 2.75) is 27.2 Å². The van der Waals surface area contributed by atoms with Gasteiger partial charge in [-0.3, -0.25) is 4.79 Å². The van der Waals surface area contributed by atoms with E-state index < -0.39 is 0 Å². The van der Waals surface area contributed by atoms with Crippen molar-refractivity contribution < 1.29 is 4.79 Å². The molecule has 2 heterocycles. The molecule has 1 N–H and O–H groups in total. The molecular formula is C24H25N5O. The molecule has 0 unspecified atom stereocenters. The minimum absolute atomic E-state index is 0.160. The van der Waals surface area contributed by atoms with E-state index in [2.05, 4.69) is 45.8 Å². The first-order chi connectivity index (χ1) is 14.5. The van der Waals surface area contributed by atoms with Gasteiger partial charge in [-0.2, -0.15) is 10.2 Å². The fourth-order valence-corrected chi connectivity index (χ4v) is 3.52. The summed E-state index contributed by atoms with van der Waals surface area (Å²) in [6, 6.07) is 21.9. The van der Waals surface area contributed by atoms with Crippen LogP contribution in [0.5, 0.6) is 0 Å². The number of aryl methyl sites for hydroxylation is 3. The summed E-state index contributed by atoms with van der Waals surface area (Å²) in [5, 5.41) is 11.9. The van der Waals surface area contributed by atoms with E-state index in [1.54, 1.807) is 4.68 Å². The van der Waals surface area contributed by atoms with E-state index >= 15 is 0 Å². The second kappa shape index (κ2) is 8.37. The molecule has 0 saturated heterocycles. The smallest absolute Gasteiger partial charge is 0.271 e. The molecule has 0 fully saturated rings. The summed E-state index contributed by atoms with van der Waals surface area (Å²) in [4.78, 5) is 12.5. The lowest BCUT2D eigenvalue weighted by atomic mass is 10.1. The number of carbonyl (C=O) groups excluding carboxylic acids is 1. The number of rotatable bonds is 6. The first-order valence-corrected chi connectivity index (χ1v) is 10.0. The molecule has 0 atom stereocenters. The number of nitrogens with one attached hydrogen (secondary N) is 1. The number of para-hydroxylation sites is 1. The van der Waals surface area contributed by atoms with Gasteiger partial charge >= 0.3 is 0 Å². The Kier molecular flexibility index (Phi) is 5.48. The summed E-state index contributed by atoms with van der Waals surface area (Å²) in [6.45, 7) is 6.53. The predicted octanol–water partition coefficient (Wildman–Crippen LogP) is 3.96. The lowest BCUT2D eigenvalue weighted by Gasteiger charge is -2.07. The van der Waals surface area contributed by atoms with E-state index in [0.29, 0.717) is 12.2 Å². The molecule has 4 rings (SSSR count). The maximum absolute atomic E-state index is 12.5. The Morgan fingerprint density at radius 1 is 0.833 bits per heavy atom. The van der Waals surface area contributed by atoms with Gasteiger partial charge in [0.1, 0.15) is 0 Å². The summed E-state index contributed by atoms with van der Waals surface area (Å²) in [5.74, 6) is -0.160. The number of aromatic nitrogens is 4. The Morgan fingerprint density at radius 3 is 2.13 bits per heavy atom. The van der Waals surface area contributed by atoms with Crippen molar-refractivity contribution in [2.24, 2.45) is 0 Å². The third-order valence-electron chi connectivity index (χ3n) is 5.01. The maximum atomic E-state index is 12.5. The van der Waals surface area contributed by atoms with Crippen LogP contribution in [0.3, 0.4) is 0 Å². The minimum atomic E-state index is -0.160. The standard InChI is InChI=1S/C24H25N5O/c1-17-15-18(2)28(26-17)22-11-9-20(10-12-22)13-14-25-24(30)23-16-19(3)29(27-23)21-7-5-4-6-8-21/h4-12,15-16H,13-14H2,1-3H3,(H,25,30). The van der Waals surface area contributed by atoms with E-state index in [0.717, 1.165) is 40.4 Å². The van der Waals surface area contributed by atoms with Crippen LogP contribution in [0, 0.1) is 20.8 Å². The molecule has 0 aliphatic carbocycles. The van der Waals surface area contributed by atoms with Gasteiger partial charge in [0.15, 0.2) is 5.69 Å². The van der Waals surface area contributed by atoms with Crippen LogP contribution >= 0.6 is 0 Å². The first kappa shape index (κ1) is 19.6. The highest BCUT2D eigenvalue weighted by atomic mass is 16.1. The Hall–Kier alpha value is -3.67. The van der Waals surface area contributed by atoms with Crippen LogP contribution in [0.1, 0.15) is 33.1 Å². The minimum Gasteiger partial charge on any atom is -0.350 e. The van der Waals surface area contributed by atoms with Crippen molar-refractivity contribution in [1.82, 2.24) is 24.9 Å². The number of carbonyl (C=O) groups is 1. The highest BCUT2D eigenvalue weighted by Crippen LogP contribution is 2.14. The zero-order valence-electron chi connectivity index (χ0n) is 17.5. The Morgan fingerprint density at radius 2 is 1.47 bits per heavy atom. The molecule has 6 heteroatoms. The van der Waals surface area contributed by atoms with Crippen LogP contribution in [0.4, 0.5) is 0 Å². The largest absolute Gasteiger partial charge is 0.350 e. The van der Waals surface area contributed by atoms with Crippen molar-refractivity contribution >= 4 is 5.91 Å². The molecule has 2 aromatic carbocycles. The number of nitrogens with zero attached hydrogens (tertiary/aromatic N) is 4. The number of hydrogen-bond donors (Lipinski definition) is 1. The number of amides is 1. The molecule has 4 aromatic rings. The molecule has 0 aliphatic rings. The highest BCUT2D eigenvalue weighted by molar-refractivity contribution is 5.92. The zero-order valence-corrected chi connectivity index (χ0v) is 17.5. The maximum Gasteiger partial charge on any atom is 0.271 e. The average molecular weight is 399 g/mol. The van der Waals surface area contributed by atoms with Crippen molar-refractivity contribution in [3.8, 4) is 11.4 Å². The van der Waals surface area contributed by atoms with Crippen molar-refractivity contribution in [3.05, 3.63) is 95.1 Å². The van der Waals surface area contributed by atoms with Crippen LogP contribution in [-0.4, -0.2) is 32.0 Å². The molecule has 6 nitrogen and oxygen atoms in total. The fraction of sp³-hybridized carbons (Fsp3) is 0.208. The molecule has 30 heavy (non-hydrogen) atoms. The summed E-state index contributed by atoms with van der Waals surface area (Å²) in [5.41, 5.74) is 6.60. The van der Waals surface area contributed by atoms with Crippen LogP contribution in [0.25, 0.3) is 11.4 Å². The molecule has 0 radical (unpaired) electrons. The van der Waals surface area contributed by atoms with Gasteiger partial charge in [0.2, 0.25) is 0 Å². The molecule has 152 valence electrons. The molecule has 0 aliphatic heterocycles.